The van der Waals surface area contributed by atoms with Gasteiger partial charge in [0.2, 0.25) is 18.7 Å². The molecule has 2 saturated heterocycles. The fourth-order valence-corrected chi connectivity index (χ4v) is 4.85. The van der Waals surface area contributed by atoms with Crippen molar-refractivity contribution in [3.63, 3.8) is 0 Å². The van der Waals surface area contributed by atoms with Gasteiger partial charge in [-0.2, -0.15) is 0 Å². The zero-order chi connectivity index (χ0) is 29.4. The van der Waals surface area contributed by atoms with E-state index in [0.29, 0.717) is 11.3 Å². The summed E-state index contributed by atoms with van der Waals surface area (Å²) in [5.74, 6) is 0.457. The quantitative estimate of drug-likeness (QED) is 0.158. The highest BCUT2D eigenvalue weighted by Gasteiger charge is 2.46. The summed E-state index contributed by atoms with van der Waals surface area (Å²) in [6, 6.07) is 9.26. The Kier molecular flexibility index (Phi) is 8.68. The van der Waals surface area contributed by atoms with E-state index in [-0.39, 0.29) is 17.2 Å². The fraction of sp³-hybridized carbons (Fsp3) is 0.481. The zero-order valence-electron chi connectivity index (χ0n) is 21.5. The van der Waals surface area contributed by atoms with Gasteiger partial charge in [0.15, 0.2) is 0 Å². The van der Waals surface area contributed by atoms with Gasteiger partial charge in [-0.1, -0.05) is 0 Å². The molecule has 3 aliphatic rings. The minimum Gasteiger partial charge on any atom is -0.574 e. The van der Waals surface area contributed by atoms with Gasteiger partial charge in [-0.05, 0) is 30.3 Å². The molecule has 14 nitrogen and oxygen atoms in total. The Morgan fingerprint density at radius 1 is 0.707 bits per heavy atom. The van der Waals surface area contributed by atoms with Gasteiger partial charge in [0.05, 0.1) is 19.3 Å². The number of benzene rings is 2. The van der Waals surface area contributed by atoms with Crippen molar-refractivity contribution in [2.75, 3.05) is 13.2 Å². The second-order valence-electron chi connectivity index (χ2n) is 10.0. The van der Waals surface area contributed by atoms with Crippen molar-refractivity contribution in [1.82, 2.24) is 0 Å². The Morgan fingerprint density at radius 3 is 1.83 bits per heavy atom. The predicted molar refractivity (Wildman–Crippen MR) is 137 cm³/mol. The normalized spacial score (nSPS) is 36.7. The third-order valence-electron chi connectivity index (χ3n) is 7.24. The highest BCUT2D eigenvalue weighted by molar-refractivity contribution is 5.68. The lowest BCUT2D eigenvalue weighted by molar-refractivity contribution is -0.278. The Bertz CT molecular complexity index is 1220. The van der Waals surface area contributed by atoms with Crippen LogP contribution in [0.4, 0.5) is 0 Å². The Balaban J connectivity index is 1.47. The summed E-state index contributed by atoms with van der Waals surface area (Å²) >= 11 is 0. The first kappa shape index (κ1) is 29.5. The van der Waals surface area contributed by atoms with Crippen LogP contribution in [0, 0.1) is 0 Å². The van der Waals surface area contributed by atoms with Crippen LogP contribution < -0.4 is 9.47 Å². The van der Waals surface area contributed by atoms with E-state index in [9.17, 15) is 46.0 Å². The molecule has 11 atom stereocenters. The molecule has 0 amide bonds. The van der Waals surface area contributed by atoms with Gasteiger partial charge in [-0.25, -0.2) is 0 Å². The van der Waals surface area contributed by atoms with Gasteiger partial charge in [0.1, 0.15) is 71.6 Å². The molecule has 0 spiro atoms. The topological polar surface area (TPSA) is 232 Å². The third-order valence-corrected chi connectivity index (χ3v) is 7.24. The number of aromatic hydroxyl groups is 2. The molecule has 3 heterocycles. The molecule has 224 valence electrons. The van der Waals surface area contributed by atoms with Crippen LogP contribution in [0.15, 0.2) is 42.5 Å². The molecule has 0 bridgehead atoms. The first-order valence-corrected chi connectivity index (χ1v) is 12.9. The van der Waals surface area contributed by atoms with Gasteiger partial charge in [0.25, 0.3) is 5.75 Å². The average Bonchev–Trinajstić information content (AvgIpc) is 2.97. The Hall–Kier alpha value is -3.02. The summed E-state index contributed by atoms with van der Waals surface area (Å²) in [5, 5.41) is 90.2. The van der Waals surface area contributed by atoms with Gasteiger partial charge >= 0.3 is 0 Å². The Morgan fingerprint density at radius 2 is 1.27 bits per heavy atom. The number of hydrogen-bond acceptors (Lipinski definition) is 13. The van der Waals surface area contributed by atoms with Crippen LogP contribution >= 0.6 is 0 Å². The summed E-state index contributed by atoms with van der Waals surface area (Å²) in [6.45, 7) is -1.32. The number of phenols is 1. The van der Waals surface area contributed by atoms with Crippen molar-refractivity contribution in [1.29, 1.82) is 0 Å². The minimum absolute atomic E-state index is 0.0103. The largest absolute Gasteiger partial charge is 0.574 e. The number of fused-ring (bicyclic) bond motifs is 1. The molecule has 41 heavy (non-hydrogen) atoms. The SMILES string of the molecule is OC[C@@H]1O[C@@H](Oc2cc(O[C@@H]3O[C@@H](CO)[C@@H](O)[C@H](O)[C@H]3O)cc3c2C=CC(c2ccc(O)cc2)[OH+]3)[C@@H](O)[C@@H](O)[C@@H]1O. The predicted octanol–water partition coefficient (Wildman–Crippen LogP) is -2.24. The van der Waals surface area contributed by atoms with E-state index in [2.05, 4.69) is 0 Å². The molecule has 3 aliphatic heterocycles. The maximum Gasteiger partial charge on any atom is 0.270 e. The van der Waals surface area contributed by atoms with Crippen LogP contribution in [0.25, 0.3) is 6.08 Å². The van der Waals surface area contributed by atoms with Crippen LogP contribution in [0.5, 0.6) is 23.0 Å². The van der Waals surface area contributed by atoms with Gasteiger partial charge in [0, 0.05) is 17.7 Å². The summed E-state index contributed by atoms with van der Waals surface area (Å²) in [6.07, 6.45) is -12.5. The molecule has 1 unspecified atom stereocenters. The van der Waals surface area contributed by atoms with Crippen LogP contribution in [0.2, 0.25) is 0 Å². The van der Waals surface area contributed by atoms with E-state index in [1.54, 1.807) is 24.3 Å². The average molecular weight is 582 g/mol. The van der Waals surface area contributed by atoms with E-state index in [4.69, 9.17) is 23.7 Å². The fourth-order valence-electron chi connectivity index (χ4n) is 4.85. The van der Waals surface area contributed by atoms with Crippen molar-refractivity contribution in [2.45, 2.75) is 67.5 Å². The Labute approximate surface area is 233 Å². The summed E-state index contributed by atoms with van der Waals surface area (Å²) in [7, 11) is 0. The summed E-state index contributed by atoms with van der Waals surface area (Å²) < 4.78 is 27.3. The molecular weight excluding hydrogens is 548 g/mol. The van der Waals surface area contributed by atoms with Crippen LogP contribution in [-0.2, 0) is 9.47 Å². The molecule has 2 fully saturated rings. The molecule has 0 radical (unpaired) electrons. The van der Waals surface area contributed by atoms with Crippen LogP contribution in [-0.4, -0.2) is 125 Å². The number of hydrogen-bond donors (Lipinski definition) is 9. The lowest BCUT2D eigenvalue weighted by Crippen LogP contribution is -2.60. The monoisotopic (exact) mass is 581 g/mol. The van der Waals surface area contributed by atoms with Crippen LogP contribution in [0.3, 0.4) is 0 Å². The van der Waals surface area contributed by atoms with Crippen LogP contribution in [0.1, 0.15) is 17.2 Å². The molecule has 5 rings (SSSR count). The highest BCUT2D eigenvalue weighted by atomic mass is 16.7. The summed E-state index contributed by atoms with van der Waals surface area (Å²) in [4.78, 5) is 0. The number of phenolic OH excluding ortho intramolecular Hbond substituents is 1. The third kappa shape index (κ3) is 5.85. The molecule has 0 aromatic heterocycles. The number of ether oxygens (including phenoxy) is 5. The standard InChI is InChI=1S/C27H32O14/c28-9-18-20(31)22(33)24(35)26(40-18)37-13-7-16-14(5-6-15(38-16)11-1-3-12(30)4-2-11)17(8-13)39-27-25(36)23(34)21(32)19(10-29)41-27/h1-8,15,18-36H,9-10H2/p+1/t15?,18-,19-,20+,21+,22-,23-,24+,25-,26+,27+/m0/s1. The van der Waals surface area contributed by atoms with Gasteiger partial charge < -0.3 is 69.6 Å². The molecule has 0 saturated carbocycles. The molecule has 2 aromatic carbocycles. The first-order chi connectivity index (χ1) is 19.6. The van der Waals surface area contributed by atoms with E-state index >= 15 is 0 Å². The smallest absolute Gasteiger partial charge is 0.270 e. The van der Waals surface area contributed by atoms with E-state index in [1.165, 1.54) is 24.3 Å². The highest BCUT2D eigenvalue weighted by Crippen LogP contribution is 2.43. The number of rotatable bonds is 7. The van der Waals surface area contributed by atoms with Crippen molar-refractivity contribution in [3.8, 4) is 23.0 Å². The maximum atomic E-state index is 10.5. The number of aliphatic hydroxyl groups is 9. The van der Waals surface area contributed by atoms with E-state index in [1.807, 2.05) is 0 Å². The maximum absolute atomic E-state index is 10.5. The molecule has 10 N–H and O–H groups in total. The van der Waals surface area contributed by atoms with Crippen molar-refractivity contribution in [2.24, 2.45) is 0 Å². The molecule has 0 aliphatic carbocycles. The van der Waals surface area contributed by atoms with E-state index < -0.39 is 80.7 Å². The second-order valence-corrected chi connectivity index (χ2v) is 10.0. The van der Waals surface area contributed by atoms with Gasteiger partial charge in [-0.3, -0.25) is 0 Å². The summed E-state index contributed by atoms with van der Waals surface area (Å²) in [5.41, 5.74) is 1.17. The minimum atomic E-state index is -1.70. The van der Waals surface area contributed by atoms with Gasteiger partial charge in [-0.15, -0.1) is 0 Å². The van der Waals surface area contributed by atoms with Crippen molar-refractivity contribution < 1.29 is 69.6 Å². The van der Waals surface area contributed by atoms with Crippen molar-refractivity contribution in [3.05, 3.63) is 53.6 Å². The van der Waals surface area contributed by atoms with Crippen molar-refractivity contribution >= 4 is 6.08 Å². The zero-order valence-corrected chi connectivity index (χ0v) is 21.5. The lowest BCUT2D eigenvalue weighted by Gasteiger charge is -2.40. The number of aliphatic hydroxyl groups excluding tert-OH is 8. The molecular formula is C27H33O14+. The second kappa shape index (κ2) is 12.1. The lowest BCUT2D eigenvalue weighted by atomic mass is 9.99. The first-order valence-electron chi connectivity index (χ1n) is 12.9. The molecule has 2 aromatic rings. The molecule has 14 heteroatoms. The van der Waals surface area contributed by atoms with E-state index in [0.717, 1.165) is 5.56 Å².